The van der Waals surface area contributed by atoms with Crippen molar-refractivity contribution in [3.63, 3.8) is 0 Å². The fourth-order valence-electron chi connectivity index (χ4n) is 3.44. The van der Waals surface area contributed by atoms with Gasteiger partial charge in [-0.1, -0.05) is 12.5 Å². The van der Waals surface area contributed by atoms with Crippen molar-refractivity contribution in [2.45, 2.75) is 63.3 Å². The van der Waals surface area contributed by atoms with E-state index < -0.39 is 0 Å². The maximum absolute atomic E-state index is 12.5. The molecule has 0 aromatic heterocycles. The van der Waals surface area contributed by atoms with Crippen molar-refractivity contribution >= 4 is 17.7 Å². The van der Waals surface area contributed by atoms with Crippen molar-refractivity contribution in [3.8, 4) is 5.75 Å². The van der Waals surface area contributed by atoms with E-state index in [9.17, 15) is 4.79 Å². The number of carbonyl (C=O) groups excluding carboxylic acids is 1. The van der Waals surface area contributed by atoms with E-state index in [1.54, 1.807) is 0 Å². The lowest BCUT2D eigenvalue weighted by molar-refractivity contribution is -0.128. The number of rotatable bonds is 3. The summed E-state index contributed by atoms with van der Waals surface area (Å²) >= 11 is 1.92. The average Bonchev–Trinajstić information content (AvgIpc) is 2.91. The monoisotopic (exact) mass is 319 g/mol. The lowest BCUT2D eigenvalue weighted by atomic mass is 9.94. The molecule has 0 saturated heterocycles. The van der Waals surface area contributed by atoms with Crippen LogP contribution in [0.15, 0.2) is 12.1 Å². The Labute approximate surface area is 137 Å². The summed E-state index contributed by atoms with van der Waals surface area (Å²) < 4.78 is 5.88. The molecule has 0 bridgehead atoms. The third-order valence-corrected chi connectivity index (χ3v) is 6.04. The molecule has 3 atom stereocenters. The van der Waals surface area contributed by atoms with Crippen molar-refractivity contribution in [1.82, 2.24) is 5.32 Å². The Morgan fingerprint density at radius 3 is 2.82 bits per heavy atom. The van der Waals surface area contributed by atoms with Gasteiger partial charge in [0.15, 0.2) is 6.10 Å². The molecule has 2 aliphatic rings. The molecule has 1 N–H and O–H groups in total. The Kier molecular flexibility index (Phi) is 4.67. The first-order valence-corrected chi connectivity index (χ1v) is 9.45. The predicted molar refractivity (Wildman–Crippen MR) is 91.7 cm³/mol. The number of benzene rings is 1. The first-order valence-electron chi connectivity index (χ1n) is 8.16. The molecule has 22 heavy (non-hydrogen) atoms. The minimum atomic E-state index is -0.356. The van der Waals surface area contributed by atoms with Gasteiger partial charge in [-0.2, -0.15) is 11.8 Å². The molecule has 1 heterocycles. The number of thioether (sulfide) groups is 1. The number of amides is 1. The minimum Gasteiger partial charge on any atom is -0.480 e. The molecule has 120 valence electrons. The molecule has 0 radical (unpaired) electrons. The molecule has 3 unspecified atom stereocenters. The fraction of sp³-hybridized carbons (Fsp3) is 0.611. The number of hydrogen-bond donors (Lipinski definition) is 1. The van der Waals surface area contributed by atoms with Crippen molar-refractivity contribution in [3.05, 3.63) is 28.8 Å². The second-order valence-electron chi connectivity index (χ2n) is 6.58. The second-order valence-corrected chi connectivity index (χ2v) is 7.72. The summed E-state index contributed by atoms with van der Waals surface area (Å²) in [5.41, 5.74) is 3.64. The van der Waals surface area contributed by atoms with Gasteiger partial charge in [0.1, 0.15) is 5.75 Å². The molecule has 3 rings (SSSR count). The van der Waals surface area contributed by atoms with Gasteiger partial charge >= 0.3 is 0 Å². The quantitative estimate of drug-likeness (QED) is 0.928. The Hall–Kier alpha value is -1.16. The van der Waals surface area contributed by atoms with E-state index in [-0.39, 0.29) is 12.0 Å². The van der Waals surface area contributed by atoms with Gasteiger partial charge in [0.05, 0.1) is 0 Å². The smallest absolute Gasteiger partial charge is 0.261 e. The summed E-state index contributed by atoms with van der Waals surface area (Å²) in [6, 6.07) is 4.53. The highest BCUT2D eigenvalue weighted by molar-refractivity contribution is 7.99. The highest BCUT2D eigenvalue weighted by Gasteiger charge is 2.32. The van der Waals surface area contributed by atoms with Crippen molar-refractivity contribution < 1.29 is 9.53 Å². The van der Waals surface area contributed by atoms with Gasteiger partial charge in [-0.15, -0.1) is 0 Å². The average molecular weight is 319 g/mol. The summed E-state index contributed by atoms with van der Waals surface area (Å²) in [4.78, 5) is 12.5. The molecule has 1 saturated carbocycles. The molecule has 1 aliphatic heterocycles. The maximum atomic E-state index is 12.5. The van der Waals surface area contributed by atoms with E-state index >= 15 is 0 Å². The summed E-state index contributed by atoms with van der Waals surface area (Å²) in [7, 11) is 0. The highest BCUT2D eigenvalue weighted by atomic mass is 32.2. The Balaban J connectivity index is 1.60. The topological polar surface area (TPSA) is 38.3 Å². The maximum Gasteiger partial charge on any atom is 0.261 e. The van der Waals surface area contributed by atoms with Crippen LogP contribution in [0.4, 0.5) is 0 Å². The van der Waals surface area contributed by atoms with E-state index in [1.165, 1.54) is 24.0 Å². The number of carbonyl (C=O) groups is 1. The molecular formula is C18H25NO2S. The van der Waals surface area contributed by atoms with Crippen LogP contribution >= 0.6 is 11.8 Å². The normalized spacial score (nSPS) is 27.1. The molecule has 1 aliphatic carbocycles. The van der Waals surface area contributed by atoms with Crippen LogP contribution < -0.4 is 10.1 Å². The van der Waals surface area contributed by atoms with Crippen LogP contribution in [0.2, 0.25) is 0 Å². The van der Waals surface area contributed by atoms with Crippen LogP contribution in [-0.4, -0.2) is 29.6 Å². The zero-order chi connectivity index (χ0) is 15.7. The van der Waals surface area contributed by atoms with E-state index in [2.05, 4.69) is 37.6 Å². The largest absolute Gasteiger partial charge is 0.480 e. The first-order chi connectivity index (χ1) is 10.6. The van der Waals surface area contributed by atoms with Crippen LogP contribution in [0.3, 0.4) is 0 Å². The number of ether oxygens (including phenoxy) is 1. The number of aryl methyl sites for hydroxylation is 2. The van der Waals surface area contributed by atoms with Gasteiger partial charge in [-0.3, -0.25) is 4.79 Å². The zero-order valence-electron chi connectivity index (χ0n) is 13.6. The lowest BCUT2D eigenvalue weighted by Crippen LogP contribution is -2.45. The van der Waals surface area contributed by atoms with Gasteiger partial charge in [0, 0.05) is 17.7 Å². The molecule has 1 amide bonds. The van der Waals surface area contributed by atoms with Crippen molar-refractivity contribution in [1.29, 1.82) is 0 Å². The molecule has 1 aromatic carbocycles. The molecular weight excluding hydrogens is 294 g/mol. The van der Waals surface area contributed by atoms with Gasteiger partial charge < -0.3 is 10.1 Å². The molecule has 1 fully saturated rings. The zero-order valence-corrected chi connectivity index (χ0v) is 14.5. The van der Waals surface area contributed by atoms with Crippen LogP contribution in [-0.2, 0) is 11.2 Å². The number of nitrogens with one attached hydrogen (secondary N) is 1. The third kappa shape index (κ3) is 3.27. The van der Waals surface area contributed by atoms with Gasteiger partial charge in [0.25, 0.3) is 5.91 Å². The standard InChI is InChI=1S/C18H25NO2S/c1-11-7-13-9-17(21-16(13)8-12(11)2)18(20)19-14-5-4-6-15(10-14)22-3/h7-8,14-15,17H,4-6,9-10H2,1-3H3,(H,19,20). The fourth-order valence-corrected chi connectivity index (χ4v) is 4.27. The van der Waals surface area contributed by atoms with E-state index in [0.29, 0.717) is 17.7 Å². The Bertz CT molecular complexity index is 541. The van der Waals surface area contributed by atoms with Crippen LogP contribution in [0, 0.1) is 13.8 Å². The summed E-state index contributed by atoms with van der Waals surface area (Å²) in [5.74, 6) is 0.937. The second kappa shape index (κ2) is 6.53. The van der Waals surface area contributed by atoms with Gasteiger partial charge in [-0.25, -0.2) is 0 Å². The Morgan fingerprint density at radius 1 is 1.27 bits per heavy atom. The van der Waals surface area contributed by atoms with E-state index in [4.69, 9.17) is 4.74 Å². The predicted octanol–water partition coefficient (Wildman–Crippen LogP) is 3.40. The summed E-state index contributed by atoms with van der Waals surface area (Å²) in [5, 5.41) is 3.90. The lowest BCUT2D eigenvalue weighted by Gasteiger charge is -2.29. The van der Waals surface area contributed by atoms with Crippen LogP contribution in [0.1, 0.15) is 42.4 Å². The first kappa shape index (κ1) is 15.7. The number of fused-ring (bicyclic) bond motifs is 1. The van der Waals surface area contributed by atoms with Gasteiger partial charge in [0.2, 0.25) is 0 Å². The minimum absolute atomic E-state index is 0.0539. The van der Waals surface area contributed by atoms with Crippen molar-refractivity contribution in [2.75, 3.05) is 6.26 Å². The van der Waals surface area contributed by atoms with Crippen molar-refractivity contribution in [2.24, 2.45) is 0 Å². The van der Waals surface area contributed by atoms with E-state index in [0.717, 1.165) is 24.2 Å². The highest BCUT2D eigenvalue weighted by Crippen LogP contribution is 2.32. The summed E-state index contributed by atoms with van der Waals surface area (Å²) in [6.45, 7) is 4.19. The Morgan fingerprint density at radius 2 is 2.05 bits per heavy atom. The van der Waals surface area contributed by atoms with Crippen LogP contribution in [0.5, 0.6) is 5.75 Å². The van der Waals surface area contributed by atoms with Gasteiger partial charge in [-0.05, 0) is 62.1 Å². The summed E-state index contributed by atoms with van der Waals surface area (Å²) in [6.07, 6.45) is 7.17. The molecule has 3 nitrogen and oxygen atoms in total. The molecule has 0 spiro atoms. The third-order valence-electron chi connectivity index (χ3n) is 4.95. The van der Waals surface area contributed by atoms with Crippen LogP contribution in [0.25, 0.3) is 0 Å². The number of hydrogen-bond acceptors (Lipinski definition) is 3. The molecule has 4 heteroatoms. The molecule has 1 aromatic rings. The van der Waals surface area contributed by atoms with E-state index in [1.807, 2.05) is 11.8 Å². The SMILES string of the molecule is CSC1CCCC(NC(=O)C2Cc3cc(C)c(C)cc3O2)C1.